The molecule has 0 saturated heterocycles. The quantitative estimate of drug-likeness (QED) is 0.643. The molecule has 0 aliphatic heterocycles. The number of hydrogen-bond donors (Lipinski definition) is 0. The van der Waals surface area contributed by atoms with Crippen molar-refractivity contribution in [1.29, 1.82) is 0 Å². The first-order chi connectivity index (χ1) is 10.1. The summed E-state index contributed by atoms with van der Waals surface area (Å²) in [6.07, 6.45) is 8.23. The van der Waals surface area contributed by atoms with Gasteiger partial charge < -0.3 is 9.32 Å². The van der Waals surface area contributed by atoms with E-state index in [4.69, 9.17) is 4.42 Å². The third-order valence-corrected chi connectivity index (χ3v) is 4.55. The van der Waals surface area contributed by atoms with E-state index in [1.54, 1.807) is 25.2 Å². The molecule has 0 spiro atoms. The predicted molar refractivity (Wildman–Crippen MR) is 82.8 cm³/mol. The maximum Gasteiger partial charge on any atom is 0.289 e. The summed E-state index contributed by atoms with van der Waals surface area (Å²) < 4.78 is 5.81. The standard InChI is InChI=1S/C15H19N3O2S/c1-18(2)14(19)13-11(9-6-4-5-7-9)12-10(20-13)8-16-15(17-12)21-3/h8-9H,4-7H2,1-3H3. The van der Waals surface area contributed by atoms with E-state index >= 15 is 0 Å². The first-order valence-electron chi connectivity index (χ1n) is 7.17. The van der Waals surface area contributed by atoms with Gasteiger partial charge in [0.1, 0.15) is 5.52 Å². The van der Waals surface area contributed by atoms with Crippen molar-refractivity contribution >= 4 is 28.8 Å². The maximum absolute atomic E-state index is 12.4. The van der Waals surface area contributed by atoms with Crippen molar-refractivity contribution in [2.24, 2.45) is 0 Å². The van der Waals surface area contributed by atoms with E-state index in [2.05, 4.69) is 9.97 Å². The number of furan rings is 1. The third-order valence-electron chi connectivity index (χ3n) is 3.99. The Kier molecular flexibility index (Phi) is 3.89. The highest BCUT2D eigenvalue weighted by Gasteiger charge is 2.30. The fraction of sp³-hybridized carbons (Fsp3) is 0.533. The molecule has 0 unspecified atom stereocenters. The van der Waals surface area contributed by atoms with E-state index in [-0.39, 0.29) is 5.91 Å². The van der Waals surface area contributed by atoms with Crippen LogP contribution in [0.1, 0.15) is 47.7 Å². The smallest absolute Gasteiger partial charge is 0.289 e. The molecule has 112 valence electrons. The highest BCUT2D eigenvalue weighted by atomic mass is 32.2. The van der Waals surface area contributed by atoms with E-state index in [9.17, 15) is 4.79 Å². The third kappa shape index (κ3) is 2.52. The second-order valence-corrected chi connectivity index (χ2v) is 6.37. The minimum absolute atomic E-state index is 0.0967. The summed E-state index contributed by atoms with van der Waals surface area (Å²) in [6.45, 7) is 0. The lowest BCUT2D eigenvalue weighted by Gasteiger charge is -2.12. The van der Waals surface area contributed by atoms with Crippen molar-refractivity contribution in [2.45, 2.75) is 36.8 Å². The van der Waals surface area contributed by atoms with Crippen LogP contribution in [0.25, 0.3) is 11.1 Å². The molecule has 0 N–H and O–H groups in total. The number of rotatable bonds is 3. The van der Waals surface area contributed by atoms with Crippen LogP contribution in [0.5, 0.6) is 0 Å². The predicted octanol–water partition coefficient (Wildman–Crippen LogP) is 3.30. The molecule has 1 fully saturated rings. The maximum atomic E-state index is 12.4. The zero-order valence-corrected chi connectivity index (χ0v) is 13.4. The summed E-state index contributed by atoms with van der Waals surface area (Å²) in [4.78, 5) is 22.8. The Hall–Kier alpha value is -1.56. The van der Waals surface area contributed by atoms with Gasteiger partial charge in [0.25, 0.3) is 5.91 Å². The van der Waals surface area contributed by atoms with Gasteiger partial charge in [-0.3, -0.25) is 4.79 Å². The first kappa shape index (κ1) is 14.4. The van der Waals surface area contributed by atoms with Crippen molar-refractivity contribution < 1.29 is 9.21 Å². The molecule has 1 amide bonds. The highest BCUT2D eigenvalue weighted by molar-refractivity contribution is 7.98. The van der Waals surface area contributed by atoms with E-state index in [1.807, 2.05) is 6.26 Å². The summed E-state index contributed by atoms with van der Waals surface area (Å²) in [7, 11) is 3.49. The molecule has 1 aliphatic rings. The van der Waals surface area contributed by atoms with E-state index in [1.165, 1.54) is 24.6 Å². The average molecular weight is 305 g/mol. The molecule has 5 nitrogen and oxygen atoms in total. The molecule has 2 heterocycles. The number of carbonyl (C=O) groups is 1. The van der Waals surface area contributed by atoms with Gasteiger partial charge in [0.05, 0.1) is 6.20 Å². The van der Waals surface area contributed by atoms with Crippen LogP contribution in [0.3, 0.4) is 0 Å². The number of thioether (sulfide) groups is 1. The van der Waals surface area contributed by atoms with E-state index in [0.29, 0.717) is 22.4 Å². The molecule has 1 saturated carbocycles. The van der Waals surface area contributed by atoms with Crippen LogP contribution in [0.4, 0.5) is 0 Å². The molecule has 0 bridgehead atoms. The molecule has 0 aromatic carbocycles. The Labute approximate surface area is 128 Å². The second kappa shape index (κ2) is 5.67. The average Bonchev–Trinajstić information content (AvgIpc) is 3.11. The van der Waals surface area contributed by atoms with Gasteiger partial charge in [-0.2, -0.15) is 0 Å². The molecule has 0 atom stereocenters. The lowest BCUT2D eigenvalue weighted by Crippen LogP contribution is -2.22. The summed E-state index contributed by atoms with van der Waals surface area (Å²) in [5.41, 5.74) is 2.41. The van der Waals surface area contributed by atoms with Crippen molar-refractivity contribution in [1.82, 2.24) is 14.9 Å². The SMILES string of the molecule is CSc1ncc2oc(C(=O)N(C)C)c(C3CCCC3)c2n1. The normalized spacial score (nSPS) is 15.8. The topological polar surface area (TPSA) is 59.2 Å². The Balaban J connectivity index is 2.20. The number of aromatic nitrogens is 2. The van der Waals surface area contributed by atoms with Gasteiger partial charge in [0.15, 0.2) is 16.5 Å². The van der Waals surface area contributed by atoms with Gasteiger partial charge in [-0.05, 0) is 25.0 Å². The number of amides is 1. The van der Waals surface area contributed by atoms with Gasteiger partial charge in [0, 0.05) is 19.7 Å². The summed E-state index contributed by atoms with van der Waals surface area (Å²) >= 11 is 1.50. The Morgan fingerprint density at radius 1 is 1.38 bits per heavy atom. The number of hydrogen-bond acceptors (Lipinski definition) is 5. The van der Waals surface area contributed by atoms with Crippen LogP contribution in [0.15, 0.2) is 15.8 Å². The number of nitrogens with zero attached hydrogens (tertiary/aromatic N) is 3. The molecule has 6 heteroatoms. The minimum atomic E-state index is -0.0967. The van der Waals surface area contributed by atoms with Crippen molar-refractivity contribution in [3.63, 3.8) is 0 Å². The molecule has 21 heavy (non-hydrogen) atoms. The van der Waals surface area contributed by atoms with E-state index in [0.717, 1.165) is 23.9 Å². The number of fused-ring (bicyclic) bond motifs is 1. The van der Waals surface area contributed by atoms with Crippen LogP contribution in [0, 0.1) is 0 Å². The lowest BCUT2D eigenvalue weighted by atomic mass is 9.96. The molecule has 2 aromatic heterocycles. The molecule has 3 rings (SSSR count). The van der Waals surface area contributed by atoms with Crippen LogP contribution in [-0.4, -0.2) is 41.1 Å². The first-order valence-corrected chi connectivity index (χ1v) is 8.39. The molecular formula is C15H19N3O2S. The summed E-state index contributed by atoms with van der Waals surface area (Å²) in [6, 6.07) is 0. The number of carbonyl (C=O) groups excluding carboxylic acids is 1. The van der Waals surface area contributed by atoms with Gasteiger partial charge >= 0.3 is 0 Å². The zero-order valence-electron chi connectivity index (χ0n) is 12.5. The Bertz CT molecular complexity index is 675. The highest BCUT2D eigenvalue weighted by Crippen LogP contribution is 2.40. The summed E-state index contributed by atoms with van der Waals surface area (Å²) in [5, 5.41) is 0.714. The fourth-order valence-corrected chi connectivity index (χ4v) is 3.29. The van der Waals surface area contributed by atoms with Gasteiger partial charge in [-0.15, -0.1) is 0 Å². The summed E-state index contributed by atoms with van der Waals surface area (Å²) in [5.74, 6) is 0.713. The largest absolute Gasteiger partial charge is 0.447 e. The monoisotopic (exact) mass is 305 g/mol. The second-order valence-electron chi connectivity index (χ2n) is 5.60. The van der Waals surface area contributed by atoms with Gasteiger partial charge in [-0.1, -0.05) is 24.6 Å². The van der Waals surface area contributed by atoms with Gasteiger partial charge in [-0.25, -0.2) is 9.97 Å². The molecule has 1 aliphatic carbocycles. The van der Waals surface area contributed by atoms with Gasteiger partial charge in [0.2, 0.25) is 0 Å². The lowest BCUT2D eigenvalue weighted by molar-refractivity contribution is 0.0797. The zero-order chi connectivity index (χ0) is 15.0. The Morgan fingerprint density at radius 2 is 2.10 bits per heavy atom. The van der Waals surface area contributed by atoms with E-state index < -0.39 is 0 Å². The van der Waals surface area contributed by atoms with Crippen LogP contribution >= 0.6 is 11.8 Å². The molecular weight excluding hydrogens is 286 g/mol. The van der Waals surface area contributed by atoms with Crippen molar-refractivity contribution in [2.75, 3.05) is 20.4 Å². The molecule has 2 aromatic rings. The van der Waals surface area contributed by atoms with Crippen LogP contribution < -0.4 is 0 Å². The Morgan fingerprint density at radius 3 is 2.71 bits per heavy atom. The van der Waals surface area contributed by atoms with Crippen molar-refractivity contribution in [3.8, 4) is 0 Å². The molecule has 0 radical (unpaired) electrons. The fourth-order valence-electron chi connectivity index (χ4n) is 2.95. The van der Waals surface area contributed by atoms with Crippen LogP contribution in [-0.2, 0) is 0 Å². The van der Waals surface area contributed by atoms with Crippen molar-refractivity contribution in [3.05, 3.63) is 17.5 Å². The van der Waals surface area contributed by atoms with Crippen LogP contribution in [0.2, 0.25) is 0 Å². The minimum Gasteiger partial charge on any atom is -0.447 e.